The number of rotatable bonds is 4. The molecule has 2 N–H and O–H groups in total. The lowest BCUT2D eigenvalue weighted by Gasteiger charge is -2.54. The molecule has 110 valence electrons. The molecule has 3 rings (SSSR count). The molecule has 0 amide bonds. The summed E-state index contributed by atoms with van der Waals surface area (Å²) in [4.78, 5) is 5.50. The minimum absolute atomic E-state index is 0.240. The molecule has 3 aliphatic rings. The van der Waals surface area contributed by atoms with Gasteiger partial charge < -0.3 is 5.73 Å². The molecule has 2 saturated heterocycles. The van der Waals surface area contributed by atoms with Crippen LogP contribution in [-0.4, -0.2) is 53.6 Å². The number of piperidine rings is 1. The summed E-state index contributed by atoms with van der Waals surface area (Å²) in [6.45, 7) is 9.48. The molecule has 0 aromatic carbocycles. The van der Waals surface area contributed by atoms with Gasteiger partial charge in [-0.15, -0.1) is 0 Å². The SMILES string of the molecule is CC1CN2CCCCC2CN1C(C)(CN)CC1CC1. The van der Waals surface area contributed by atoms with Crippen LogP contribution in [-0.2, 0) is 0 Å². The first-order valence-corrected chi connectivity index (χ1v) is 8.33. The predicted molar refractivity (Wildman–Crippen MR) is 80.2 cm³/mol. The van der Waals surface area contributed by atoms with Crippen LogP contribution in [0.25, 0.3) is 0 Å². The molecule has 3 atom stereocenters. The molecular formula is C16H31N3. The van der Waals surface area contributed by atoms with Crippen LogP contribution in [0.15, 0.2) is 0 Å². The van der Waals surface area contributed by atoms with Crippen molar-refractivity contribution in [3.8, 4) is 0 Å². The van der Waals surface area contributed by atoms with Gasteiger partial charge in [0.15, 0.2) is 0 Å². The highest BCUT2D eigenvalue weighted by molar-refractivity contribution is 5.00. The Hall–Kier alpha value is -0.120. The number of piperazine rings is 1. The summed E-state index contributed by atoms with van der Waals surface area (Å²) in [6.07, 6.45) is 8.42. The fraction of sp³-hybridized carbons (Fsp3) is 1.00. The van der Waals surface area contributed by atoms with Crippen molar-refractivity contribution in [3.63, 3.8) is 0 Å². The Bertz CT molecular complexity index is 315. The first-order chi connectivity index (χ1) is 9.12. The second kappa shape index (κ2) is 5.34. The largest absolute Gasteiger partial charge is 0.329 e. The van der Waals surface area contributed by atoms with Gasteiger partial charge in [-0.1, -0.05) is 19.3 Å². The van der Waals surface area contributed by atoms with Gasteiger partial charge >= 0.3 is 0 Å². The molecule has 2 heterocycles. The van der Waals surface area contributed by atoms with Crippen LogP contribution in [0, 0.1) is 5.92 Å². The van der Waals surface area contributed by atoms with Crippen LogP contribution in [0.2, 0.25) is 0 Å². The summed E-state index contributed by atoms with van der Waals surface area (Å²) in [5.41, 5.74) is 6.43. The van der Waals surface area contributed by atoms with Crippen molar-refractivity contribution in [2.24, 2.45) is 11.7 Å². The van der Waals surface area contributed by atoms with E-state index in [1.54, 1.807) is 0 Å². The monoisotopic (exact) mass is 265 g/mol. The maximum atomic E-state index is 6.19. The summed E-state index contributed by atoms with van der Waals surface area (Å²) >= 11 is 0. The Morgan fingerprint density at radius 2 is 1.95 bits per heavy atom. The van der Waals surface area contributed by atoms with Crippen LogP contribution in [0.4, 0.5) is 0 Å². The summed E-state index contributed by atoms with van der Waals surface area (Å²) in [5, 5.41) is 0. The minimum atomic E-state index is 0.240. The van der Waals surface area contributed by atoms with Crippen LogP contribution in [0.5, 0.6) is 0 Å². The molecule has 0 bridgehead atoms. The average molecular weight is 265 g/mol. The third kappa shape index (κ3) is 2.84. The minimum Gasteiger partial charge on any atom is -0.329 e. The van der Waals surface area contributed by atoms with Crippen molar-refractivity contribution in [3.05, 3.63) is 0 Å². The van der Waals surface area contributed by atoms with Crippen molar-refractivity contribution < 1.29 is 0 Å². The highest BCUT2D eigenvalue weighted by Crippen LogP contribution is 2.40. The van der Waals surface area contributed by atoms with Crippen molar-refractivity contribution >= 4 is 0 Å². The van der Waals surface area contributed by atoms with Gasteiger partial charge in [-0.3, -0.25) is 9.80 Å². The zero-order valence-electron chi connectivity index (χ0n) is 12.8. The normalized spacial score (nSPS) is 36.8. The van der Waals surface area contributed by atoms with E-state index in [4.69, 9.17) is 5.73 Å². The number of hydrogen-bond donors (Lipinski definition) is 1. The van der Waals surface area contributed by atoms with E-state index in [0.717, 1.165) is 18.5 Å². The van der Waals surface area contributed by atoms with E-state index in [0.29, 0.717) is 6.04 Å². The highest BCUT2D eigenvalue weighted by atomic mass is 15.3. The maximum absolute atomic E-state index is 6.19. The van der Waals surface area contributed by atoms with E-state index >= 15 is 0 Å². The summed E-state index contributed by atoms with van der Waals surface area (Å²) < 4.78 is 0. The van der Waals surface area contributed by atoms with Gasteiger partial charge in [0, 0.05) is 37.3 Å². The molecule has 3 nitrogen and oxygen atoms in total. The first-order valence-electron chi connectivity index (χ1n) is 8.33. The summed E-state index contributed by atoms with van der Waals surface area (Å²) in [6, 6.07) is 1.47. The first kappa shape index (κ1) is 13.8. The molecule has 3 fully saturated rings. The Morgan fingerprint density at radius 3 is 2.63 bits per heavy atom. The van der Waals surface area contributed by atoms with Gasteiger partial charge in [-0.05, 0) is 45.6 Å². The van der Waals surface area contributed by atoms with Gasteiger partial charge in [0.25, 0.3) is 0 Å². The van der Waals surface area contributed by atoms with Crippen LogP contribution in [0.3, 0.4) is 0 Å². The molecule has 3 unspecified atom stereocenters. The molecule has 0 radical (unpaired) electrons. The second-order valence-corrected chi connectivity index (χ2v) is 7.49. The Morgan fingerprint density at radius 1 is 1.16 bits per heavy atom. The molecule has 1 saturated carbocycles. The molecule has 19 heavy (non-hydrogen) atoms. The Labute approximate surface area is 118 Å². The van der Waals surface area contributed by atoms with E-state index in [9.17, 15) is 0 Å². The van der Waals surface area contributed by atoms with E-state index in [2.05, 4.69) is 23.6 Å². The van der Waals surface area contributed by atoms with E-state index in [-0.39, 0.29) is 5.54 Å². The molecule has 0 aromatic heterocycles. The zero-order valence-corrected chi connectivity index (χ0v) is 12.8. The van der Waals surface area contributed by atoms with Crippen LogP contribution < -0.4 is 5.73 Å². The third-order valence-corrected chi connectivity index (χ3v) is 5.75. The molecular weight excluding hydrogens is 234 g/mol. The molecule has 3 heteroatoms. The molecule has 0 aromatic rings. The van der Waals surface area contributed by atoms with Gasteiger partial charge in [0.2, 0.25) is 0 Å². The van der Waals surface area contributed by atoms with Crippen molar-refractivity contribution in [1.29, 1.82) is 0 Å². The van der Waals surface area contributed by atoms with Gasteiger partial charge in [-0.25, -0.2) is 0 Å². The fourth-order valence-electron chi connectivity index (χ4n) is 4.37. The van der Waals surface area contributed by atoms with E-state index < -0.39 is 0 Å². The number of nitrogens with zero attached hydrogens (tertiary/aromatic N) is 2. The quantitative estimate of drug-likeness (QED) is 0.844. The van der Waals surface area contributed by atoms with Crippen molar-refractivity contribution in [2.45, 2.75) is 70.0 Å². The molecule has 1 aliphatic carbocycles. The van der Waals surface area contributed by atoms with E-state index in [1.807, 2.05) is 0 Å². The zero-order chi connectivity index (χ0) is 13.5. The lowest BCUT2D eigenvalue weighted by Crippen LogP contribution is -2.66. The lowest BCUT2D eigenvalue weighted by atomic mass is 9.87. The number of nitrogens with two attached hydrogens (primary N) is 1. The summed E-state index contributed by atoms with van der Waals surface area (Å²) in [5.74, 6) is 0.963. The second-order valence-electron chi connectivity index (χ2n) is 7.49. The predicted octanol–water partition coefficient (Wildman–Crippen LogP) is 2.06. The van der Waals surface area contributed by atoms with Crippen LogP contribution >= 0.6 is 0 Å². The van der Waals surface area contributed by atoms with Crippen molar-refractivity contribution in [1.82, 2.24) is 9.80 Å². The Balaban J connectivity index is 1.70. The van der Waals surface area contributed by atoms with Crippen molar-refractivity contribution in [2.75, 3.05) is 26.2 Å². The Kier molecular flexibility index (Phi) is 3.89. The van der Waals surface area contributed by atoms with Gasteiger partial charge in [0.05, 0.1) is 0 Å². The number of hydrogen-bond acceptors (Lipinski definition) is 3. The highest BCUT2D eigenvalue weighted by Gasteiger charge is 2.43. The molecule has 0 spiro atoms. The van der Waals surface area contributed by atoms with Gasteiger partial charge in [0.1, 0.15) is 0 Å². The number of fused-ring (bicyclic) bond motifs is 1. The van der Waals surface area contributed by atoms with Crippen LogP contribution in [0.1, 0.15) is 52.4 Å². The molecule has 2 aliphatic heterocycles. The standard InChI is InChI=1S/C16H31N3/c1-13-10-18-8-4-3-5-15(18)11-19(13)16(2,12-17)9-14-6-7-14/h13-15H,3-12,17H2,1-2H3. The topological polar surface area (TPSA) is 32.5 Å². The third-order valence-electron chi connectivity index (χ3n) is 5.75. The smallest absolute Gasteiger partial charge is 0.0310 e. The fourth-order valence-corrected chi connectivity index (χ4v) is 4.37. The van der Waals surface area contributed by atoms with E-state index in [1.165, 1.54) is 58.2 Å². The lowest BCUT2D eigenvalue weighted by molar-refractivity contribution is -0.0434. The van der Waals surface area contributed by atoms with Gasteiger partial charge in [-0.2, -0.15) is 0 Å². The average Bonchev–Trinajstić information content (AvgIpc) is 3.21. The maximum Gasteiger partial charge on any atom is 0.0310 e. The summed E-state index contributed by atoms with van der Waals surface area (Å²) in [7, 11) is 0.